The standard InChI is InChI=1S/C4H6O.C3H10O3Si/c1-3-5-4-2;1-4-7(5-2)6-3/h3-4H,1-2H2;7H,1-3H3. The van der Waals surface area contributed by atoms with Gasteiger partial charge in [0.15, 0.2) is 0 Å². The quantitative estimate of drug-likeness (QED) is 0.480. The van der Waals surface area contributed by atoms with Crippen LogP contribution in [0.2, 0.25) is 0 Å². The molecule has 0 aliphatic carbocycles. The highest BCUT2D eigenvalue weighted by atomic mass is 28.3. The third kappa shape index (κ3) is 12.1. The fourth-order valence-corrected chi connectivity index (χ4v) is 0.934. The highest BCUT2D eigenvalue weighted by Gasteiger charge is 2.04. The number of rotatable bonds is 5. The fourth-order valence-electron chi connectivity index (χ4n) is 0.357. The maximum absolute atomic E-state index is 4.74. The van der Waals surface area contributed by atoms with Gasteiger partial charge in [-0.05, 0) is 0 Å². The molecule has 0 aliphatic rings. The molecule has 0 saturated carbocycles. The highest BCUT2D eigenvalue weighted by Crippen LogP contribution is 1.81. The van der Waals surface area contributed by atoms with Crippen LogP contribution in [-0.4, -0.2) is 30.9 Å². The van der Waals surface area contributed by atoms with Gasteiger partial charge < -0.3 is 18.0 Å². The Kier molecular flexibility index (Phi) is 15.1. The summed E-state index contributed by atoms with van der Waals surface area (Å²) in [6.45, 7) is 6.51. The van der Waals surface area contributed by atoms with Gasteiger partial charge in [0, 0.05) is 21.3 Å². The maximum atomic E-state index is 4.74. The summed E-state index contributed by atoms with van der Waals surface area (Å²) in [6, 6.07) is 0. The van der Waals surface area contributed by atoms with Crippen LogP contribution < -0.4 is 0 Å². The van der Waals surface area contributed by atoms with E-state index in [4.69, 9.17) is 13.3 Å². The van der Waals surface area contributed by atoms with Crippen molar-refractivity contribution in [2.75, 3.05) is 21.3 Å². The molecule has 0 atom stereocenters. The van der Waals surface area contributed by atoms with Crippen LogP contribution in [0.4, 0.5) is 0 Å². The zero-order valence-electron chi connectivity index (χ0n) is 7.78. The van der Waals surface area contributed by atoms with Crippen LogP contribution in [0, 0.1) is 0 Å². The molecule has 5 heteroatoms. The number of hydrogen-bond donors (Lipinski definition) is 0. The largest absolute Gasteiger partial charge is 0.483 e. The lowest BCUT2D eigenvalue weighted by molar-refractivity contribution is 0.163. The van der Waals surface area contributed by atoms with Gasteiger partial charge in [0.2, 0.25) is 0 Å². The molecular weight excluding hydrogens is 176 g/mol. The first-order valence-electron chi connectivity index (χ1n) is 3.22. The van der Waals surface area contributed by atoms with E-state index in [0.717, 1.165) is 0 Å². The van der Waals surface area contributed by atoms with E-state index in [1.807, 2.05) is 0 Å². The van der Waals surface area contributed by atoms with E-state index < -0.39 is 9.53 Å². The van der Waals surface area contributed by atoms with Gasteiger partial charge in [-0.3, -0.25) is 0 Å². The molecule has 0 amide bonds. The summed E-state index contributed by atoms with van der Waals surface area (Å²) in [6.07, 6.45) is 2.62. The van der Waals surface area contributed by atoms with Gasteiger partial charge in [-0.25, -0.2) is 0 Å². The first kappa shape index (κ1) is 13.9. The van der Waals surface area contributed by atoms with Crippen molar-refractivity contribution in [1.82, 2.24) is 0 Å². The Morgan fingerprint density at radius 3 is 1.25 bits per heavy atom. The second-order valence-electron chi connectivity index (χ2n) is 1.47. The predicted octanol–water partition coefficient (Wildman–Crippen LogP) is 0.933. The zero-order valence-corrected chi connectivity index (χ0v) is 8.93. The third-order valence-corrected chi connectivity index (χ3v) is 1.92. The van der Waals surface area contributed by atoms with E-state index in [0.29, 0.717) is 0 Å². The summed E-state index contributed by atoms with van der Waals surface area (Å²) in [5.41, 5.74) is 0. The van der Waals surface area contributed by atoms with Gasteiger partial charge >= 0.3 is 9.53 Å². The van der Waals surface area contributed by atoms with E-state index in [1.54, 1.807) is 21.3 Å². The SMILES string of the molecule is C=COC=C.CO[SiH](OC)OC. The third-order valence-electron chi connectivity index (χ3n) is 0.770. The smallest absolute Gasteiger partial charge is 0.474 e. The van der Waals surface area contributed by atoms with Crippen molar-refractivity contribution in [2.24, 2.45) is 0 Å². The minimum absolute atomic E-state index is 1.31. The van der Waals surface area contributed by atoms with Gasteiger partial charge in [0.05, 0.1) is 12.5 Å². The monoisotopic (exact) mass is 192 g/mol. The molecule has 0 aromatic rings. The lowest BCUT2D eigenvalue weighted by Crippen LogP contribution is -2.21. The van der Waals surface area contributed by atoms with E-state index in [9.17, 15) is 0 Å². The average molecular weight is 192 g/mol. The minimum atomic E-state index is -1.67. The van der Waals surface area contributed by atoms with Crippen LogP contribution in [0.3, 0.4) is 0 Å². The molecule has 0 radical (unpaired) electrons. The second-order valence-corrected chi connectivity index (χ2v) is 3.46. The molecule has 0 aromatic heterocycles. The van der Waals surface area contributed by atoms with Crippen molar-refractivity contribution < 1.29 is 18.0 Å². The summed E-state index contributed by atoms with van der Waals surface area (Å²) in [7, 11) is 3.05. The maximum Gasteiger partial charge on any atom is 0.483 e. The summed E-state index contributed by atoms with van der Waals surface area (Å²) in [5, 5.41) is 0. The first-order valence-corrected chi connectivity index (χ1v) is 4.63. The van der Waals surface area contributed by atoms with Crippen molar-refractivity contribution in [2.45, 2.75) is 0 Å². The molecule has 0 N–H and O–H groups in total. The Balaban J connectivity index is 0. The van der Waals surface area contributed by atoms with Crippen LogP contribution in [0.15, 0.2) is 25.7 Å². The van der Waals surface area contributed by atoms with Crippen molar-refractivity contribution in [3.8, 4) is 0 Å². The fraction of sp³-hybridized carbons (Fsp3) is 0.429. The molecule has 0 rings (SSSR count). The van der Waals surface area contributed by atoms with Gasteiger partial charge in [0.1, 0.15) is 0 Å². The van der Waals surface area contributed by atoms with Crippen molar-refractivity contribution in [3.63, 3.8) is 0 Å². The molecule has 4 nitrogen and oxygen atoms in total. The molecule has 0 aliphatic heterocycles. The molecule has 0 saturated heterocycles. The van der Waals surface area contributed by atoms with Gasteiger partial charge in [-0.2, -0.15) is 0 Å². The Morgan fingerprint density at radius 2 is 1.25 bits per heavy atom. The van der Waals surface area contributed by atoms with E-state index in [-0.39, 0.29) is 0 Å². The van der Waals surface area contributed by atoms with E-state index in [1.165, 1.54) is 12.5 Å². The molecule has 0 aromatic carbocycles. The topological polar surface area (TPSA) is 36.9 Å². The summed E-state index contributed by atoms with van der Waals surface area (Å²) in [5.74, 6) is 0. The van der Waals surface area contributed by atoms with Crippen LogP contribution in [0.1, 0.15) is 0 Å². The summed E-state index contributed by atoms with van der Waals surface area (Å²) >= 11 is 0. The zero-order chi connectivity index (χ0) is 9.82. The van der Waals surface area contributed by atoms with Gasteiger partial charge in [-0.15, -0.1) is 0 Å². The molecule has 0 spiro atoms. The van der Waals surface area contributed by atoms with Crippen LogP contribution in [0.25, 0.3) is 0 Å². The van der Waals surface area contributed by atoms with Crippen LogP contribution >= 0.6 is 0 Å². The van der Waals surface area contributed by atoms with E-state index >= 15 is 0 Å². The highest BCUT2D eigenvalue weighted by molar-refractivity contribution is 6.36. The Hall–Kier alpha value is -0.623. The van der Waals surface area contributed by atoms with Crippen molar-refractivity contribution in [1.29, 1.82) is 0 Å². The molecule has 0 unspecified atom stereocenters. The molecular formula is C7H16O4Si. The molecule has 0 bridgehead atoms. The number of ether oxygens (including phenoxy) is 1. The average Bonchev–Trinajstić information content (AvgIpc) is 2.10. The Bertz CT molecular complexity index is 92.1. The second kappa shape index (κ2) is 13.0. The molecule has 12 heavy (non-hydrogen) atoms. The summed E-state index contributed by atoms with van der Waals surface area (Å²) < 4.78 is 18.6. The molecule has 0 heterocycles. The Morgan fingerprint density at radius 1 is 0.917 bits per heavy atom. The van der Waals surface area contributed by atoms with Crippen LogP contribution in [-0.2, 0) is 18.0 Å². The van der Waals surface area contributed by atoms with Crippen LogP contribution in [0.5, 0.6) is 0 Å². The minimum Gasteiger partial charge on any atom is -0.474 e. The summed E-state index contributed by atoms with van der Waals surface area (Å²) in [4.78, 5) is 0. The molecule has 0 fully saturated rings. The predicted molar refractivity (Wildman–Crippen MR) is 49.7 cm³/mol. The van der Waals surface area contributed by atoms with Crippen molar-refractivity contribution in [3.05, 3.63) is 25.7 Å². The normalized spacial score (nSPS) is 8.33. The van der Waals surface area contributed by atoms with Gasteiger partial charge in [0.25, 0.3) is 0 Å². The van der Waals surface area contributed by atoms with E-state index in [2.05, 4.69) is 17.9 Å². The first-order chi connectivity index (χ1) is 5.76. The van der Waals surface area contributed by atoms with Gasteiger partial charge in [-0.1, -0.05) is 13.2 Å². The lowest BCUT2D eigenvalue weighted by atomic mass is 11.1. The number of hydrogen-bond acceptors (Lipinski definition) is 4. The van der Waals surface area contributed by atoms with Crippen molar-refractivity contribution >= 4 is 9.53 Å². The molecule has 72 valence electrons. The lowest BCUT2D eigenvalue weighted by Gasteiger charge is -2.05. The Labute approximate surface area is 75.4 Å².